The van der Waals surface area contributed by atoms with Crippen LogP contribution in [0.2, 0.25) is 0 Å². The van der Waals surface area contributed by atoms with Crippen LogP contribution in [-0.2, 0) is 0 Å². The second kappa shape index (κ2) is 4.34. The Balaban J connectivity index is 2.16. The van der Waals surface area contributed by atoms with Crippen LogP contribution < -0.4 is 5.32 Å². The largest absolute Gasteiger partial charge is 0.508 e. The Bertz CT molecular complexity index is 385. The zero-order valence-electron chi connectivity index (χ0n) is 8.95. The van der Waals surface area contributed by atoms with Crippen LogP contribution in [0, 0.1) is 6.92 Å². The predicted octanol–water partition coefficient (Wildman–Crippen LogP) is 2.69. The molecule has 1 heterocycles. The van der Waals surface area contributed by atoms with Gasteiger partial charge < -0.3 is 10.4 Å². The van der Waals surface area contributed by atoms with Gasteiger partial charge in [0.1, 0.15) is 11.6 Å². The Labute approximate surface area is 89.9 Å². The third kappa shape index (κ3) is 2.29. The summed E-state index contributed by atoms with van der Waals surface area (Å²) in [5, 5.41) is 12.8. The summed E-state index contributed by atoms with van der Waals surface area (Å²) >= 11 is 0. The first kappa shape index (κ1) is 10.0. The van der Waals surface area contributed by atoms with E-state index in [9.17, 15) is 5.11 Å². The molecule has 0 unspecified atom stereocenters. The Hall–Kier alpha value is -1.51. The molecule has 15 heavy (non-hydrogen) atoms. The maximum atomic E-state index is 9.55. The summed E-state index contributed by atoms with van der Waals surface area (Å²) in [6.07, 6.45) is 3.39. The first-order valence-corrected chi connectivity index (χ1v) is 5.36. The van der Waals surface area contributed by atoms with Gasteiger partial charge in [0.2, 0.25) is 0 Å². The lowest BCUT2D eigenvalue weighted by atomic mass is 10.1. The highest BCUT2D eigenvalue weighted by atomic mass is 16.3. The van der Waals surface area contributed by atoms with Gasteiger partial charge in [0.25, 0.3) is 0 Å². The minimum Gasteiger partial charge on any atom is -0.508 e. The molecule has 0 radical (unpaired) electrons. The Kier molecular flexibility index (Phi) is 2.90. The summed E-state index contributed by atoms with van der Waals surface area (Å²) in [5.74, 6) is 1.37. The second-order valence-electron chi connectivity index (χ2n) is 3.86. The van der Waals surface area contributed by atoms with Crippen LogP contribution in [0.1, 0.15) is 24.8 Å². The van der Waals surface area contributed by atoms with Crippen molar-refractivity contribution < 1.29 is 5.11 Å². The zero-order valence-corrected chi connectivity index (χ0v) is 8.95. The number of hydrogen-bond donors (Lipinski definition) is 2. The maximum Gasteiger partial charge on any atom is 0.120 e. The van der Waals surface area contributed by atoms with Crippen molar-refractivity contribution in [3.8, 4) is 5.75 Å². The van der Waals surface area contributed by atoms with Crippen LogP contribution in [0.5, 0.6) is 5.75 Å². The molecule has 0 saturated heterocycles. The van der Waals surface area contributed by atoms with E-state index in [2.05, 4.69) is 10.3 Å². The van der Waals surface area contributed by atoms with E-state index >= 15 is 0 Å². The molecule has 0 spiro atoms. The monoisotopic (exact) mass is 204 g/mol. The quantitative estimate of drug-likeness (QED) is 0.738. The van der Waals surface area contributed by atoms with Gasteiger partial charge in [-0.25, -0.2) is 0 Å². The molecular weight excluding hydrogens is 188 g/mol. The van der Waals surface area contributed by atoms with Crippen molar-refractivity contribution >= 4 is 11.5 Å². The minimum atomic E-state index is 0.330. The number of phenols is 1. The lowest BCUT2D eigenvalue weighted by molar-refractivity contribution is 0.471. The van der Waals surface area contributed by atoms with Gasteiger partial charge in [-0.05, 0) is 31.9 Å². The van der Waals surface area contributed by atoms with E-state index in [1.807, 2.05) is 19.1 Å². The van der Waals surface area contributed by atoms with Gasteiger partial charge in [-0.1, -0.05) is 6.07 Å². The van der Waals surface area contributed by atoms with Gasteiger partial charge in [-0.2, -0.15) is 0 Å². The number of nitrogens with zero attached hydrogens (tertiary/aromatic N) is 1. The lowest BCUT2D eigenvalue weighted by Gasteiger charge is -2.15. The normalized spacial score (nSPS) is 15.9. The summed E-state index contributed by atoms with van der Waals surface area (Å²) in [6, 6.07) is 5.50. The first-order valence-electron chi connectivity index (χ1n) is 5.36. The average Bonchev–Trinajstić information content (AvgIpc) is 2.26. The fourth-order valence-corrected chi connectivity index (χ4v) is 1.71. The van der Waals surface area contributed by atoms with Crippen molar-refractivity contribution in [3.05, 3.63) is 23.8 Å². The Morgan fingerprint density at radius 1 is 1.33 bits per heavy atom. The second-order valence-corrected chi connectivity index (χ2v) is 3.86. The summed E-state index contributed by atoms with van der Waals surface area (Å²) < 4.78 is 0. The summed E-state index contributed by atoms with van der Waals surface area (Å²) in [6.45, 7) is 2.82. The van der Waals surface area contributed by atoms with Crippen LogP contribution in [0.25, 0.3) is 0 Å². The van der Waals surface area contributed by atoms with Crippen LogP contribution in [0.3, 0.4) is 0 Å². The summed E-state index contributed by atoms with van der Waals surface area (Å²) in [5.41, 5.74) is 1.83. The fraction of sp³-hybridized carbons (Fsp3) is 0.417. The van der Waals surface area contributed by atoms with Crippen LogP contribution in [0.4, 0.5) is 5.69 Å². The molecule has 0 atom stereocenters. The van der Waals surface area contributed by atoms with Crippen LogP contribution in [0.15, 0.2) is 23.2 Å². The van der Waals surface area contributed by atoms with Crippen LogP contribution >= 0.6 is 0 Å². The molecule has 80 valence electrons. The number of amidine groups is 1. The summed E-state index contributed by atoms with van der Waals surface area (Å²) in [4.78, 5) is 4.42. The molecule has 1 aliphatic heterocycles. The Morgan fingerprint density at radius 3 is 2.93 bits per heavy atom. The third-order valence-corrected chi connectivity index (χ3v) is 2.71. The molecular formula is C12H16N2O. The van der Waals surface area contributed by atoms with E-state index in [-0.39, 0.29) is 0 Å². The highest BCUT2D eigenvalue weighted by Gasteiger charge is 2.07. The van der Waals surface area contributed by atoms with E-state index in [1.165, 1.54) is 12.8 Å². The number of rotatable bonds is 1. The molecule has 2 rings (SSSR count). The standard InChI is InChI=1S/C12H16N2O/c1-9-10(5-4-6-11(9)15)14-12-7-2-3-8-13-12/h4-6,15H,2-3,7-8H2,1H3,(H,13,14). The van der Waals surface area contributed by atoms with E-state index in [0.717, 1.165) is 30.1 Å². The van der Waals surface area contributed by atoms with Crippen molar-refractivity contribution in [3.63, 3.8) is 0 Å². The molecule has 1 aromatic rings. The molecule has 0 bridgehead atoms. The van der Waals surface area contributed by atoms with E-state index < -0.39 is 0 Å². The van der Waals surface area contributed by atoms with Crippen molar-refractivity contribution in [1.82, 2.24) is 0 Å². The first-order chi connectivity index (χ1) is 7.27. The van der Waals surface area contributed by atoms with Gasteiger partial charge in [0.15, 0.2) is 0 Å². The van der Waals surface area contributed by atoms with E-state index in [4.69, 9.17) is 0 Å². The predicted molar refractivity (Wildman–Crippen MR) is 62.6 cm³/mol. The average molecular weight is 204 g/mol. The zero-order chi connectivity index (χ0) is 10.7. The molecule has 0 fully saturated rings. The molecule has 3 heteroatoms. The molecule has 0 saturated carbocycles. The number of aliphatic imine (C=N–C) groups is 1. The minimum absolute atomic E-state index is 0.330. The SMILES string of the molecule is Cc1c(O)cccc1NC1=NCCCC1. The maximum absolute atomic E-state index is 9.55. The van der Waals surface area contributed by atoms with Crippen molar-refractivity contribution in [2.75, 3.05) is 11.9 Å². The summed E-state index contributed by atoms with van der Waals surface area (Å²) in [7, 11) is 0. The Morgan fingerprint density at radius 2 is 2.20 bits per heavy atom. The van der Waals surface area contributed by atoms with Gasteiger partial charge in [-0.3, -0.25) is 4.99 Å². The van der Waals surface area contributed by atoms with E-state index in [1.54, 1.807) is 6.07 Å². The number of benzene rings is 1. The third-order valence-electron chi connectivity index (χ3n) is 2.71. The molecule has 0 aromatic heterocycles. The highest BCUT2D eigenvalue weighted by molar-refractivity contribution is 5.96. The molecule has 1 aliphatic rings. The van der Waals surface area contributed by atoms with Crippen LogP contribution in [-0.4, -0.2) is 17.5 Å². The number of phenolic OH excluding ortho intramolecular Hbond substituents is 1. The smallest absolute Gasteiger partial charge is 0.120 e. The number of anilines is 1. The number of hydrogen-bond acceptors (Lipinski definition) is 3. The molecule has 0 amide bonds. The van der Waals surface area contributed by atoms with Crippen molar-refractivity contribution in [2.45, 2.75) is 26.2 Å². The van der Waals surface area contributed by atoms with Gasteiger partial charge in [-0.15, -0.1) is 0 Å². The van der Waals surface area contributed by atoms with E-state index in [0.29, 0.717) is 5.75 Å². The van der Waals surface area contributed by atoms with Crippen molar-refractivity contribution in [2.24, 2.45) is 4.99 Å². The fourth-order valence-electron chi connectivity index (χ4n) is 1.71. The number of nitrogens with one attached hydrogen (secondary N) is 1. The van der Waals surface area contributed by atoms with Gasteiger partial charge in [0.05, 0.1) is 0 Å². The lowest BCUT2D eigenvalue weighted by Crippen LogP contribution is -2.16. The van der Waals surface area contributed by atoms with Gasteiger partial charge in [0, 0.05) is 24.2 Å². The molecule has 3 nitrogen and oxygen atoms in total. The molecule has 2 N–H and O–H groups in total. The molecule has 1 aromatic carbocycles. The topological polar surface area (TPSA) is 44.6 Å². The van der Waals surface area contributed by atoms with Gasteiger partial charge >= 0.3 is 0 Å². The highest BCUT2D eigenvalue weighted by Crippen LogP contribution is 2.24. The van der Waals surface area contributed by atoms with Crippen molar-refractivity contribution in [1.29, 1.82) is 0 Å². The molecule has 0 aliphatic carbocycles. The number of aromatic hydroxyl groups is 1.